The molecule has 1 aromatic carbocycles. The minimum absolute atomic E-state index is 0.0962. The second-order valence-corrected chi connectivity index (χ2v) is 4.38. The van der Waals surface area contributed by atoms with Crippen molar-refractivity contribution in [2.75, 3.05) is 0 Å². The number of benzene rings is 1. The highest BCUT2D eigenvalue weighted by molar-refractivity contribution is 6.51. The molecule has 0 bridgehead atoms. The Labute approximate surface area is 91.7 Å². The predicted molar refractivity (Wildman–Crippen MR) is 62.4 cm³/mol. The highest BCUT2D eigenvalue weighted by Crippen LogP contribution is 2.44. The Balaban J connectivity index is 2.19. The van der Waals surface area contributed by atoms with E-state index < -0.39 is 0 Å². The Morgan fingerprint density at radius 3 is 1.93 bits per heavy atom. The molecular formula is C12H17BO2. The maximum Gasteiger partial charge on any atom is 0.601 e. The van der Waals surface area contributed by atoms with E-state index in [1.54, 1.807) is 0 Å². The van der Waals surface area contributed by atoms with Gasteiger partial charge in [0.05, 0.1) is 0 Å². The Morgan fingerprint density at radius 2 is 1.53 bits per heavy atom. The van der Waals surface area contributed by atoms with E-state index in [0.717, 1.165) is 24.3 Å². The molecule has 1 heterocycles. The fourth-order valence-corrected chi connectivity index (χ4v) is 1.77. The summed E-state index contributed by atoms with van der Waals surface area (Å²) in [5.41, 5.74) is 0. The van der Waals surface area contributed by atoms with Crippen LogP contribution in [0.1, 0.15) is 33.6 Å². The molecule has 0 saturated carbocycles. The van der Waals surface area contributed by atoms with Crippen LogP contribution in [0.5, 0.6) is 11.5 Å². The molecule has 0 radical (unpaired) electrons. The minimum atomic E-state index is -0.134. The van der Waals surface area contributed by atoms with E-state index in [1.165, 1.54) is 0 Å². The quantitative estimate of drug-likeness (QED) is 0.701. The molecule has 3 heteroatoms. The maximum absolute atomic E-state index is 5.83. The van der Waals surface area contributed by atoms with E-state index in [9.17, 15) is 0 Å². The Bertz CT molecular complexity index is 322. The van der Waals surface area contributed by atoms with E-state index in [2.05, 4.69) is 20.8 Å². The van der Waals surface area contributed by atoms with Gasteiger partial charge in [-0.3, -0.25) is 0 Å². The van der Waals surface area contributed by atoms with Crippen molar-refractivity contribution in [3.63, 3.8) is 0 Å². The fraction of sp³-hybridized carbons (Fsp3) is 0.500. The average Bonchev–Trinajstić information content (AvgIpc) is 2.72. The van der Waals surface area contributed by atoms with Crippen molar-refractivity contribution < 1.29 is 9.31 Å². The summed E-state index contributed by atoms with van der Waals surface area (Å²) < 4.78 is 11.7. The van der Waals surface area contributed by atoms with Crippen LogP contribution < -0.4 is 9.31 Å². The number of hydrogen-bond acceptors (Lipinski definition) is 2. The molecule has 2 rings (SSSR count). The van der Waals surface area contributed by atoms with E-state index >= 15 is 0 Å². The third-order valence-corrected chi connectivity index (χ3v) is 3.50. The monoisotopic (exact) mass is 204 g/mol. The molecule has 15 heavy (non-hydrogen) atoms. The molecule has 2 nitrogen and oxygen atoms in total. The van der Waals surface area contributed by atoms with Crippen LogP contribution in [-0.4, -0.2) is 7.12 Å². The van der Waals surface area contributed by atoms with E-state index in [1.807, 2.05) is 24.3 Å². The molecule has 0 N–H and O–H groups in total. The lowest BCUT2D eigenvalue weighted by atomic mass is 9.56. The first kappa shape index (κ1) is 10.4. The van der Waals surface area contributed by atoms with Gasteiger partial charge in [0.15, 0.2) is 0 Å². The summed E-state index contributed by atoms with van der Waals surface area (Å²) >= 11 is 0. The van der Waals surface area contributed by atoms with Crippen LogP contribution in [0.3, 0.4) is 0 Å². The van der Waals surface area contributed by atoms with Crippen LogP contribution in [0.4, 0.5) is 0 Å². The summed E-state index contributed by atoms with van der Waals surface area (Å²) in [7, 11) is -0.134. The van der Waals surface area contributed by atoms with E-state index in [-0.39, 0.29) is 12.4 Å². The van der Waals surface area contributed by atoms with Crippen molar-refractivity contribution in [1.82, 2.24) is 0 Å². The zero-order chi connectivity index (χ0) is 10.9. The summed E-state index contributed by atoms with van der Waals surface area (Å²) in [5, 5.41) is 0.0962. The third-order valence-electron chi connectivity index (χ3n) is 3.50. The van der Waals surface area contributed by atoms with Crippen LogP contribution in [0.25, 0.3) is 0 Å². The molecule has 0 aromatic heterocycles. The molecule has 0 fully saturated rings. The van der Waals surface area contributed by atoms with Gasteiger partial charge in [0.2, 0.25) is 0 Å². The zero-order valence-electron chi connectivity index (χ0n) is 9.62. The maximum atomic E-state index is 5.83. The van der Waals surface area contributed by atoms with E-state index in [4.69, 9.17) is 9.31 Å². The van der Waals surface area contributed by atoms with Gasteiger partial charge in [-0.15, -0.1) is 0 Å². The molecule has 80 valence electrons. The van der Waals surface area contributed by atoms with Gasteiger partial charge in [-0.25, -0.2) is 0 Å². The molecule has 1 aromatic rings. The predicted octanol–water partition coefficient (Wildman–Crippen LogP) is 3.53. The first-order chi connectivity index (χ1) is 7.19. The first-order valence-electron chi connectivity index (χ1n) is 5.62. The summed E-state index contributed by atoms with van der Waals surface area (Å²) in [4.78, 5) is 0. The smallest absolute Gasteiger partial charge is 0.523 e. The molecule has 0 unspecified atom stereocenters. The highest BCUT2D eigenvalue weighted by Gasteiger charge is 2.47. The summed E-state index contributed by atoms with van der Waals surface area (Å²) in [5.74, 6) is 1.74. The summed E-state index contributed by atoms with van der Waals surface area (Å²) in [6, 6.07) is 7.86. The molecule has 0 spiro atoms. The Hall–Kier alpha value is -1.12. The van der Waals surface area contributed by atoms with Gasteiger partial charge in [-0.05, 0) is 25.0 Å². The van der Waals surface area contributed by atoms with Crippen LogP contribution in [-0.2, 0) is 0 Å². The summed E-state index contributed by atoms with van der Waals surface area (Å²) in [6.45, 7) is 6.57. The molecule has 0 amide bonds. The lowest BCUT2D eigenvalue weighted by molar-refractivity contribution is 0.395. The van der Waals surface area contributed by atoms with Gasteiger partial charge in [0.25, 0.3) is 0 Å². The van der Waals surface area contributed by atoms with Crippen molar-refractivity contribution in [3.05, 3.63) is 24.3 Å². The fourth-order valence-electron chi connectivity index (χ4n) is 1.77. The Morgan fingerprint density at radius 1 is 1.07 bits per heavy atom. The van der Waals surface area contributed by atoms with Gasteiger partial charge < -0.3 is 9.31 Å². The van der Waals surface area contributed by atoms with Gasteiger partial charge in [0, 0.05) is 5.31 Å². The molecular weight excluding hydrogens is 187 g/mol. The largest absolute Gasteiger partial charge is 0.601 e. The third kappa shape index (κ3) is 1.71. The molecule has 0 aliphatic carbocycles. The topological polar surface area (TPSA) is 18.5 Å². The minimum Gasteiger partial charge on any atom is -0.523 e. The highest BCUT2D eigenvalue weighted by atomic mass is 16.6. The first-order valence-corrected chi connectivity index (χ1v) is 5.62. The molecule has 1 aliphatic heterocycles. The van der Waals surface area contributed by atoms with Crippen molar-refractivity contribution in [2.24, 2.45) is 0 Å². The molecule has 0 atom stereocenters. The summed E-state index contributed by atoms with van der Waals surface area (Å²) in [6.07, 6.45) is 2.12. The standard InChI is InChI=1S/C12H17BO2/c1-4-12(3,5-2)13-14-10-8-6-7-9-11(10)15-13/h6-9H,4-5H2,1-3H3. The molecule has 1 aliphatic rings. The van der Waals surface area contributed by atoms with Crippen LogP contribution >= 0.6 is 0 Å². The number of fused-ring (bicyclic) bond motifs is 1. The second-order valence-electron chi connectivity index (χ2n) is 4.38. The van der Waals surface area contributed by atoms with Gasteiger partial charge >= 0.3 is 7.12 Å². The number of hydrogen-bond donors (Lipinski definition) is 0. The second kappa shape index (κ2) is 3.80. The van der Waals surface area contributed by atoms with Crippen molar-refractivity contribution in [1.29, 1.82) is 0 Å². The van der Waals surface area contributed by atoms with Crippen molar-refractivity contribution in [3.8, 4) is 11.5 Å². The van der Waals surface area contributed by atoms with E-state index in [0.29, 0.717) is 0 Å². The Kier molecular flexibility index (Phi) is 2.64. The lowest BCUT2D eigenvalue weighted by Crippen LogP contribution is -2.38. The zero-order valence-corrected chi connectivity index (χ0v) is 9.62. The average molecular weight is 204 g/mol. The molecule has 0 saturated heterocycles. The van der Waals surface area contributed by atoms with Gasteiger partial charge in [-0.2, -0.15) is 0 Å². The van der Waals surface area contributed by atoms with Crippen molar-refractivity contribution in [2.45, 2.75) is 38.9 Å². The van der Waals surface area contributed by atoms with Crippen LogP contribution in [0, 0.1) is 0 Å². The SMILES string of the molecule is CCC(C)(CC)B1Oc2ccccc2O1. The van der Waals surface area contributed by atoms with Gasteiger partial charge in [0.1, 0.15) is 11.5 Å². The van der Waals surface area contributed by atoms with Crippen molar-refractivity contribution >= 4 is 7.12 Å². The van der Waals surface area contributed by atoms with Crippen LogP contribution in [0.2, 0.25) is 5.31 Å². The lowest BCUT2D eigenvalue weighted by Gasteiger charge is -2.26. The normalized spacial score (nSPS) is 14.5. The number of para-hydroxylation sites is 2. The number of rotatable bonds is 3. The van der Waals surface area contributed by atoms with Gasteiger partial charge in [-0.1, -0.05) is 32.9 Å². The van der Waals surface area contributed by atoms with Crippen LogP contribution in [0.15, 0.2) is 24.3 Å².